The number of rotatable bonds is 3. The van der Waals surface area contributed by atoms with Crippen molar-refractivity contribution in [3.8, 4) is 0 Å². The Morgan fingerprint density at radius 3 is 1.73 bits per heavy atom. The Kier molecular flexibility index (Phi) is 9.52. The van der Waals surface area contributed by atoms with E-state index in [1.54, 1.807) is 0 Å². The van der Waals surface area contributed by atoms with Gasteiger partial charge in [0.05, 0.1) is 17.6 Å². The van der Waals surface area contributed by atoms with Crippen LogP contribution in [-0.4, -0.2) is 33.9 Å². The zero-order valence-electron chi connectivity index (χ0n) is 5.11. The van der Waals surface area contributed by atoms with Crippen molar-refractivity contribution < 1.29 is 17.6 Å². The summed E-state index contributed by atoms with van der Waals surface area (Å²) in [6, 6.07) is 0. The lowest BCUT2D eigenvalue weighted by molar-refractivity contribution is 0.479. The van der Waals surface area contributed by atoms with E-state index in [4.69, 9.17) is 32.8 Å². The van der Waals surface area contributed by atoms with Gasteiger partial charge in [0.2, 0.25) is 0 Å². The zero-order valence-corrected chi connectivity index (χ0v) is 8.20. The van der Waals surface area contributed by atoms with Gasteiger partial charge in [-0.25, -0.2) is 0 Å². The van der Waals surface area contributed by atoms with Crippen molar-refractivity contribution in [2.24, 2.45) is 0 Å². The lowest BCUT2D eigenvalue weighted by Crippen LogP contribution is -2.14. The second-order valence-corrected chi connectivity index (χ2v) is 3.87. The molecule has 2 N–H and O–H groups in total. The number of hydrogen-bond donors (Lipinski definition) is 2. The Morgan fingerprint density at radius 2 is 1.64 bits per heavy atom. The van der Waals surface area contributed by atoms with Gasteiger partial charge in [0.25, 0.3) is 10.1 Å². The predicted octanol–water partition coefficient (Wildman–Crippen LogP) is 0.616. The van der Waals surface area contributed by atoms with Crippen LogP contribution in [0.1, 0.15) is 0 Å². The number of hydrogen-bond acceptors (Lipinski definition) is 4. The van der Waals surface area contributed by atoms with Crippen molar-refractivity contribution in [3.63, 3.8) is 0 Å². The fourth-order valence-electron chi connectivity index (χ4n) is 0.184. The third-order valence-electron chi connectivity index (χ3n) is 0.518. The van der Waals surface area contributed by atoms with Gasteiger partial charge in [-0.3, -0.25) is 9.21 Å². The number of nitrogens with zero attached hydrogens (tertiary/aromatic N) is 1. The van der Waals surface area contributed by atoms with Crippen molar-refractivity contribution in [3.05, 3.63) is 0 Å². The topological polar surface area (TPSA) is 77.8 Å². The SMILES string of the molecule is O=S(=O)(O)CCN(Cl)Cl.OCl. The maximum Gasteiger partial charge on any atom is 0.266 e. The van der Waals surface area contributed by atoms with Gasteiger partial charge < -0.3 is 0 Å². The first-order chi connectivity index (χ1) is 4.92. The molecular formula is C2H6Cl3NO4S. The van der Waals surface area contributed by atoms with Gasteiger partial charge in [0.1, 0.15) is 0 Å². The number of halogens is 3. The third kappa shape index (κ3) is 18.0. The Hall–Kier alpha value is 0.700. The average Bonchev–Trinajstić information content (AvgIpc) is 1.87. The average molecular weight is 246 g/mol. The van der Waals surface area contributed by atoms with E-state index in [1.165, 1.54) is 0 Å². The molecule has 0 aliphatic carbocycles. The molecule has 0 heterocycles. The van der Waals surface area contributed by atoms with Crippen LogP contribution in [-0.2, 0) is 10.1 Å². The van der Waals surface area contributed by atoms with Crippen molar-refractivity contribution in [1.29, 1.82) is 0 Å². The highest BCUT2D eigenvalue weighted by Gasteiger charge is 2.05. The molecule has 0 saturated heterocycles. The van der Waals surface area contributed by atoms with Crippen molar-refractivity contribution >= 4 is 45.5 Å². The van der Waals surface area contributed by atoms with Gasteiger partial charge in [0, 0.05) is 6.54 Å². The van der Waals surface area contributed by atoms with Crippen LogP contribution >= 0.6 is 35.4 Å². The first-order valence-electron chi connectivity index (χ1n) is 2.13. The van der Waals surface area contributed by atoms with E-state index in [9.17, 15) is 8.42 Å². The summed E-state index contributed by atoms with van der Waals surface area (Å²) in [7, 11) is -3.93. The Morgan fingerprint density at radius 1 is 1.27 bits per heavy atom. The van der Waals surface area contributed by atoms with Gasteiger partial charge in [-0.1, -0.05) is 0 Å². The molecule has 0 fully saturated rings. The first kappa shape index (κ1) is 14.2. The van der Waals surface area contributed by atoms with E-state index < -0.39 is 15.9 Å². The third-order valence-corrected chi connectivity index (χ3v) is 1.55. The Balaban J connectivity index is 0. The zero-order chi connectivity index (χ0) is 9.49. The minimum absolute atomic E-state index is 0.109. The van der Waals surface area contributed by atoms with E-state index in [1.807, 2.05) is 0 Å². The molecule has 0 aromatic carbocycles. The van der Waals surface area contributed by atoms with Gasteiger partial charge in [-0.15, -0.1) is 3.94 Å². The summed E-state index contributed by atoms with van der Waals surface area (Å²) in [5.74, 6) is -0.458. The maximum atomic E-state index is 9.95. The molecule has 0 amide bonds. The molecule has 0 rings (SSSR count). The fourth-order valence-corrected chi connectivity index (χ4v) is 0.967. The molecule has 0 atom stereocenters. The molecule has 0 unspecified atom stereocenters. The molecule has 9 heteroatoms. The van der Waals surface area contributed by atoms with E-state index >= 15 is 0 Å². The van der Waals surface area contributed by atoms with Gasteiger partial charge in [-0.05, 0) is 23.6 Å². The normalized spacial score (nSPS) is 10.7. The minimum Gasteiger partial charge on any atom is -0.295 e. The van der Waals surface area contributed by atoms with E-state index in [0.717, 1.165) is 0 Å². The van der Waals surface area contributed by atoms with Crippen molar-refractivity contribution in [2.45, 2.75) is 0 Å². The summed E-state index contributed by atoms with van der Waals surface area (Å²) < 4.78 is 35.1. The summed E-state index contributed by atoms with van der Waals surface area (Å²) in [5.41, 5.74) is 0. The molecule has 70 valence electrons. The van der Waals surface area contributed by atoms with Gasteiger partial charge in [0.15, 0.2) is 0 Å². The standard InChI is InChI=1S/C2H5Cl2NO3S.ClHO/c3-5(4)1-2-9(6,7)8;1-2/h1-2H2,(H,6,7,8);2H. The highest BCUT2D eigenvalue weighted by Crippen LogP contribution is 1.97. The first-order valence-corrected chi connectivity index (χ1v) is 4.75. The highest BCUT2D eigenvalue weighted by molar-refractivity contribution is 7.85. The maximum absolute atomic E-state index is 9.95. The van der Waals surface area contributed by atoms with E-state index in [2.05, 4.69) is 11.9 Å². The summed E-state index contributed by atoms with van der Waals surface area (Å²) in [5, 5.41) is 0. The molecule has 0 bridgehead atoms. The molecule has 0 spiro atoms. The minimum atomic E-state index is -3.93. The van der Waals surface area contributed by atoms with Crippen LogP contribution in [0.15, 0.2) is 0 Å². The van der Waals surface area contributed by atoms with Crippen molar-refractivity contribution in [1.82, 2.24) is 3.94 Å². The Labute approximate surface area is 79.6 Å². The highest BCUT2D eigenvalue weighted by atomic mass is 35.5. The molecule has 0 aromatic rings. The second kappa shape index (κ2) is 7.35. The molecule has 0 aromatic heterocycles. The van der Waals surface area contributed by atoms with Crippen LogP contribution in [0.2, 0.25) is 0 Å². The van der Waals surface area contributed by atoms with Crippen LogP contribution in [0, 0.1) is 0 Å². The lowest BCUT2D eigenvalue weighted by atomic mass is 10.8. The molecule has 0 aliphatic rings. The van der Waals surface area contributed by atoms with Gasteiger partial charge in [-0.2, -0.15) is 8.42 Å². The Bertz CT molecular complexity index is 168. The summed E-state index contributed by atoms with van der Waals surface area (Å²) in [4.78, 5) is 0. The fraction of sp³-hybridized carbons (Fsp3) is 1.00. The molecule has 11 heavy (non-hydrogen) atoms. The quantitative estimate of drug-likeness (QED) is 0.564. The smallest absolute Gasteiger partial charge is 0.266 e. The summed E-state index contributed by atoms with van der Waals surface area (Å²) in [6.07, 6.45) is 0. The largest absolute Gasteiger partial charge is 0.295 e. The van der Waals surface area contributed by atoms with E-state index in [-0.39, 0.29) is 6.54 Å². The van der Waals surface area contributed by atoms with Crippen molar-refractivity contribution in [2.75, 3.05) is 12.3 Å². The molecule has 5 nitrogen and oxygen atoms in total. The molecule has 0 saturated carbocycles. The second-order valence-electron chi connectivity index (χ2n) is 1.31. The molecule has 0 aliphatic heterocycles. The summed E-state index contributed by atoms with van der Waals surface area (Å²) in [6.45, 7) is -0.109. The molecular weight excluding hydrogens is 240 g/mol. The van der Waals surface area contributed by atoms with Crippen LogP contribution in [0.4, 0.5) is 0 Å². The van der Waals surface area contributed by atoms with Crippen LogP contribution in [0.5, 0.6) is 0 Å². The summed E-state index contributed by atoms with van der Waals surface area (Å²) >= 11 is 13.7. The van der Waals surface area contributed by atoms with Gasteiger partial charge >= 0.3 is 0 Å². The van der Waals surface area contributed by atoms with Crippen LogP contribution in [0.25, 0.3) is 0 Å². The molecule has 0 radical (unpaired) electrons. The monoisotopic (exact) mass is 245 g/mol. The van der Waals surface area contributed by atoms with E-state index in [0.29, 0.717) is 3.94 Å². The predicted molar refractivity (Wildman–Crippen MR) is 42.9 cm³/mol. The van der Waals surface area contributed by atoms with Crippen LogP contribution < -0.4 is 0 Å². The lowest BCUT2D eigenvalue weighted by Gasteiger charge is -1.99. The van der Waals surface area contributed by atoms with Crippen LogP contribution in [0.3, 0.4) is 0 Å².